The maximum absolute atomic E-state index is 12.2. The van der Waals surface area contributed by atoms with Crippen molar-refractivity contribution in [1.82, 2.24) is 4.90 Å². The normalized spacial score (nSPS) is 17.2. The van der Waals surface area contributed by atoms with Crippen molar-refractivity contribution >= 4 is 23.5 Å². The molecule has 9 heteroatoms. The third-order valence-corrected chi connectivity index (χ3v) is 3.61. The van der Waals surface area contributed by atoms with Gasteiger partial charge in [-0.05, 0) is 45.0 Å². The SMILES string of the molecule is CC(C)(C)OC(=O)N1CC(=O)C[C@H]1COC(=O)c1ccc(N([O-])O)cc1. The Morgan fingerprint density at radius 1 is 1.31 bits per heavy atom. The van der Waals surface area contributed by atoms with E-state index in [1.54, 1.807) is 20.8 Å². The first-order valence-electron chi connectivity index (χ1n) is 8.01. The highest BCUT2D eigenvalue weighted by Crippen LogP contribution is 2.20. The van der Waals surface area contributed by atoms with E-state index in [0.29, 0.717) is 0 Å². The number of ketones is 1. The van der Waals surface area contributed by atoms with E-state index in [1.165, 1.54) is 29.2 Å². The van der Waals surface area contributed by atoms with Gasteiger partial charge in [0, 0.05) is 6.42 Å². The standard InChI is InChI=1S/C17H21N2O7/c1-17(2,3)26-16(22)18-9-14(20)8-13(18)10-25-15(21)11-4-6-12(7-5-11)19(23)24/h4-7,13,23H,8-10H2,1-3H3/q-1/t13-/m0/s1. The van der Waals surface area contributed by atoms with Gasteiger partial charge in [0.25, 0.3) is 0 Å². The number of amides is 1. The molecular weight excluding hydrogens is 344 g/mol. The number of ether oxygens (including phenoxy) is 2. The quantitative estimate of drug-likeness (QED) is 0.636. The maximum atomic E-state index is 12.2. The van der Waals surface area contributed by atoms with Crippen LogP contribution in [0.1, 0.15) is 37.6 Å². The third-order valence-electron chi connectivity index (χ3n) is 3.61. The molecule has 1 aromatic carbocycles. The van der Waals surface area contributed by atoms with E-state index in [2.05, 4.69) is 0 Å². The molecule has 1 saturated heterocycles. The Balaban J connectivity index is 1.96. The average Bonchev–Trinajstić information content (AvgIpc) is 2.92. The summed E-state index contributed by atoms with van der Waals surface area (Å²) in [7, 11) is 0. The van der Waals surface area contributed by atoms with Gasteiger partial charge in [-0.3, -0.25) is 14.9 Å². The van der Waals surface area contributed by atoms with Crippen molar-refractivity contribution in [3.8, 4) is 0 Å². The van der Waals surface area contributed by atoms with Gasteiger partial charge >= 0.3 is 12.1 Å². The minimum atomic E-state index is -0.701. The monoisotopic (exact) mass is 365 g/mol. The van der Waals surface area contributed by atoms with Crippen LogP contribution in [0.5, 0.6) is 0 Å². The van der Waals surface area contributed by atoms with Gasteiger partial charge in [0.2, 0.25) is 0 Å². The van der Waals surface area contributed by atoms with Crippen molar-refractivity contribution in [2.45, 2.75) is 38.8 Å². The van der Waals surface area contributed by atoms with Gasteiger partial charge in [-0.2, -0.15) is 0 Å². The molecule has 0 aliphatic carbocycles. The smallest absolute Gasteiger partial charge is 0.411 e. The zero-order chi connectivity index (χ0) is 19.5. The predicted octanol–water partition coefficient (Wildman–Crippen LogP) is 2.12. The topological polar surface area (TPSA) is 119 Å². The second kappa shape index (κ2) is 7.71. The van der Waals surface area contributed by atoms with Crippen LogP contribution < -0.4 is 5.23 Å². The summed E-state index contributed by atoms with van der Waals surface area (Å²) in [5.74, 6) is -0.810. The van der Waals surface area contributed by atoms with Crippen LogP contribution in [0.3, 0.4) is 0 Å². The number of hydrogen-bond acceptors (Lipinski definition) is 8. The number of benzene rings is 1. The fourth-order valence-corrected chi connectivity index (χ4v) is 2.42. The number of likely N-dealkylation sites (tertiary alicyclic amines) is 1. The maximum Gasteiger partial charge on any atom is 0.411 e. The number of carbonyl (C=O) groups excluding carboxylic acids is 3. The van der Waals surface area contributed by atoms with Gasteiger partial charge in [-0.1, -0.05) is 0 Å². The Morgan fingerprint density at radius 2 is 1.92 bits per heavy atom. The minimum Gasteiger partial charge on any atom is -0.733 e. The lowest BCUT2D eigenvalue weighted by Gasteiger charge is -2.27. The Hall–Kier alpha value is -2.65. The lowest BCUT2D eigenvalue weighted by molar-refractivity contribution is -0.117. The van der Waals surface area contributed by atoms with E-state index in [1.807, 2.05) is 0 Å². The lowest BCUT2D eigenvalue weighted by atomic mass is 10.2. The Labute approximate surface area is 150 Å². The molecule has 1 heterocycles. The Bertz CT molecular complexity index is 679. The van der Waals surface area contributed by atoms with Crippen molar-refractivity contribution in [3.63, 3.8) is 0 Å². The molecule has 26 heavy (non-hydrogen) atoms. The van der Waals surface area contributed by atoms with E-state index < -0.39 is 23.7 Å². The van der Waals surface area contributed by atoms with Crippen molar-refractivity contribution in [2.24, 2.45) is 0 Å². The number of anilines is 1. The molecule has 0 saturated carbocycles. The molecule has 142 valence electrons. The van der Waals surface area contributed by atoms with Crippen molar-refractivity contribution in [2.75, 3.05) is 18.4 Å². The number of esters is 1. The highest BCUT2D eigenvalue weighted by molar-refractivity contribution is 5.90. The summed E-state index contributed by atoms with van der Waals surface area (Å²) in [6.07, 6.45) is -0.548. The molecule has 1 aliphatic heterocycles. The van der Waals surface area contributed by atoms with Crippen molar-refractivity contribution in [1.29, 1.82) is 0 Å². The van der Waals surface area contributed by atoms with E-state index in [4.69, 9.17) is 14.7 Å². The first kappa shape index (κ1) is 19.7. The van der Waals surface area contributed by atoms with Gasteiger partial charge in [-0.15, -0.1) is 0 Å². The van der Waals surface area contributed by atoms with E-state index in [0.717, 1.165) is 0 Å². The van der Waals surface area contributed by atoms with Gasteiger partial charge in [0.05, 0.1) is 23.8 Å². The zero-order valence-corrected chi connectivity index (χ0v) is 14.8. The van der Waals surface area contributed by atoms with E-state index in [-0.39, 0.29) is 41.8 Å². The van der Waals surface area contributed by atoms with Gasteiger partial charge < -0.3 is 19.9 Å². The Morgan fingerprint density at radius 3 is 2.46 bits per heavy atom. The Kier molecular flexibility index (Phi) is 5.83. The molecule has 0 unspecified atom stereocenters. The molecule has 1 aromatic rings. The van der Waals surface area contributed by atoms with Crippen LogP contribution in [0, 0.1) is 5.21 Å². The fourth-order valence-electron chi connectivity index (χ4n) is 2.42. The average molecular weight is 365 g/mol. The number of carbonyl (C=O) groups is 3. The molecule has 9 nitrogen and oxygen atoms in total. The van der Waals surface area contributed by atoms with Gasteiger partial charge in [0.15, 0.2) is 5.78 Å². The second-order valence-corrected chi connectivity index (χ2v) is 6.92. The molecule has 0 aromatic heterocycles. The number of hydrogen-bond donors (Lipinski definition) is 1. The number of nitrogens with zero attached hydrogens (tertiary/aromatic N) is 2. The van der Waals surface area contributed by atoms with E-state index >= 15 is 0 Å². The van der Waals surface area contributed by atoms with Crippen LogP contribution in [0.4, 0.5) is 10.5 Å². The summed E-state index contributed by atoms with van der Waals surface area (Å²) in [5, 5.41) is 19.2. The first-order chi connectivity index (χ1) is 12.1. The first-order valence-corrected chi connectivity index (χ1v) is 8.01. The molecule has 1 fully saturated rings. The molecule has 2 rings (SSSR count). The van der Waals surface area contributed by atoms with Crippen molar-refractivity contribution < 1.29 is 29.1 Å². The summed E-state index contributed by atoms with van der Waals surface area (Å²) < 4.78 is 10.4. The van der Waals surface area contributed by atoms with Crippen molar-refractivity contribution in [3.05, 3.63) is 35.0 Å². The van der Waals surface area contributed by atoms with Crippen LogP contribution in [0.25, 0.3) is 0 Å². The third kappa shape index (κ3) is 5.17. The predicted molar refractivity (Wildman–Crippen MR) is 90.7 cm³/mol. The molecule has 0 spiro atoms. The summed E-state index contributed by atoms with van der Waals surface area (Å²) in [4.78, 5) is 37.2. The number of rotatable bonds is 4. The largest absolute Gasteiger partial charge is 0.733 e. The minimum absolute atomic E-state index is 0.0287. The van der Waals surface area contributed by atoms with Crippen LogP contribution in [-0.4, -0.2) is 52.7 Å². The fraction of sp³-hybridized carbons (Fsp3) is 0.471. The highest BCUT2D eigenvalue weighted by atomic mass is 16.8. The highest BCUT2D eigenvalue weighted by Gasteiger charge is 2.37. The summed E-state index contributed by atoms with van der Waals surface area (Å²) in [6, 6.07) is 4.58. The van der Waals surface area contributed by atoms with E-state index in [9.17, 15) is 19.6 Å². The van der Waals surface area contributed by atoms with Crippen LogP contribution >= 0.6 is 0 Å². The zero-order valence-electron chi connectivity index (χ0n) is 14.8. The van der Waals surface area contributed by atoms with Gasteiger partial charge in [0.1, 0.15) is 12.2 Å². The molecular formula is C17H21N2O7-. The van der Waals surface area contributed by atoms with Crippen LogP contribution in [-0.2, 0) is 14.3 Å². The second-order valence-electron chi connectivity index (χ2n) is 6.92. The summed E-state index contributed by atoms with van der Waals surface area (Å²) >= 11 is 0. The molecule has 1 atom stereocenters. The molecule has 0 radical (unpaired) electrons. The molecule has 1 N–H and O–H groups in total. The molecule has 1 amide bonds. The lowest BCUT2D eigenvalue weighted by Crippen LogP contribution is -2.42. The van der Waals surface area contributed by atoms with Crippen LogP contribution in [0.15, 0.2) is 24.3 Å². The summed E-state index contributed by atoms with van der Waals surface area (Å²) in [5.41, 5.74) is -0.559. The van der Waals surface area contributed by atoms with Gasteiger partial charge in [-0.25, -0.2) is 9.59 Å². The molecule has 0 bridgehead atoms. The van der Waals surface area contributed by atoms with Crippen LogP contribution in [0.2, 0.25) is 0 Å². The number of Topliss-reactive ketones (excluding diaryl/α,β-unsaturated/α-hetero) is 1. The summed E-state index contributed by atoms with van der Waals surface area (Å²) in [6.45, 7) is 4.92. The molecule has 1 aliphatic rings.